The second-order valence-corrected chi connectivity index (χ2v) is 5.55. The predicted molar refractivity (Wildman–Crippen MR) is 80.3 cm³/mol. The standard InChI is InChI=1S/C14H19BrN2O3/c1-10(2)17(9-13(16)18)14(19)6-7-20-12-5-3-4-11(15)8-12/h3-5,8,10H,6-7,9H2,1-2H3,(H2,16,18). The van der Waals surface area contributed by atoms with E-state index in [2.05, 4.69) is 15.9 Å². The summed E-state index contributed by atoms with van der Waals surface area (Å²) in [6.07, 6.45) is 0.206. The number of halogens is 1. The van der Waals surface area contributed by atoms with Crippen LogP contribution in [-0.4, -0.2) is 35.9 Å². The number of carbonyl (C=O) groups is 2. The van der Waals surface area contributed by atoms with E-state index in [4.69, 9.17) is 10.5 Å². The molecule has 0 aliphatic carbocycles. The number of nitrogens with two attached hydrogens (primary N) is 1. The zero-order valence-corrected chi connectivity index (χ0v) is 13.2. The Bertz CT molecular complexity index is 477. The van der Waals surface area contributed by atoms with Crippen molar-refractivity contribution in [3.05, 3.63) is 28.7 Å². The third kappa shape index (κ3) is 5.61. The molecule has 1 aromatic rings. The van der Waals surface area contributed by atoms with Crippen molar-refractivity contribution in [1.82, 2.24) is 4.90 Å². The highest BCUT2D eigenvalue weighted by Gasteiger charge is 2.18. The molecule has 0 fully saturated rings. The van der Waals surface area contributed by atoms with Crippen LogP contribution in [0.3, 0.4) is 0 Å². The van der Waals surface area contributed by atoms with Crippen LogP contribution >= 0.6 is 15.9 Å². The molecule has 0 aliphatic rings. The summed E-state index contributed by atoms with van der Waals surface area (Å²) in [5, 5.41) is 0. The summed E-state index contributed by atoms with van der Waals surface area (Å²) in [7, 11) is 0. The summed E-state index contributed by atoms with van der Waals surface area (Å²) in [5.74, 6) is 0.0342. The summed E-state index contributed by atoms with van der Waals surface area (Å²) < 4.78 is 6.41. The van der Waals surface area contributed by atoms with Crippen molar-refractivity contribution in [1.29, 1.82) is 0 Å². The zero-order chi connectivity index (χ0) is 15.1. The van der Waals surface area contributed by atoms with E-state index in [1.807, 2.05) is 38.1 Å². The molecule has 0 aliphatic heterocycles. The maximum absolute atomic E-state index is 12.0. The van der Waals surface area contributed by atoms with Gasteiger partial charge >= 0.3 is 0 Å². The number of benzene rings is 1. The topological polar surface area (TPSA) is 72.6 Å². The van der Waals surface area contributed by atoms with Crippen LogP contribution < -0.4 is 10.5 Å². The molecule has 0 bridgehead atoms. The van der Waals surface area contributed by atoms with Gasteiger partial charge in [-0.1, -0.05) is 22.0 Å². The summed E-state index contributed by atoms with van der Waals surface area (Å²) in [4.78, 5) is 24.4. The zero-order valence-electron chi connectivity index (χ0n) is 11.6. The van der Waals surface area contributed by atoms with Crippen LogP contribution in [0.1, 0.15) is 20.3 Å². The Morgan fingerprint density at radius 3 is 2.65 bits per heavy atom. The maximum atomic E-state index is 12.0. The van der Waals surface area contributed by atoms with E-state index in [-0.39, 0.29) is 31.5 Å². The molecule has 5 nitrogen and oxygen atoms in total. The molecule has 20 heavy (non-hydrogen) atoms. The largest absolute Gasteiger partial charge is 0.493 e. The maximum Gasteiger partial charge on any atom is 0.237 e. The van der Waals surface area contributed by atoms with Gasteiger partial charge in [0.15, 0.2) is 0 Å². The lowest BCUT2D eigenvalue weighted by Crippen LogP contribution is -2.43. The van der Waals surface area contributed by atoms with Crippen LogP contribution in [0.4, 0.5) is 0 Å². The van der Waals surface area contributed by atoms with E-state index in [0.29, 0.717) is 5.75 Å². The van der Waals surface area contributed by atoms with Crippen molar-refractivity contribution in [2.75, 3.05) is 13.2 Å². The van der Waals surface area contributed by atoms with Gasteiger partial charge < -0.3 is 15.4 Å². The van der Waals surface area contributed by atoms with E-state index in [9.17, 15) is 9.59 Å². The van der Waals surface area contributed by atoms with Crippen molar-refractivity contribution in [3.63, 3.8) is 0 Å². The molecule has 0 spiro atoms. The molecule has 0 aromatic heterocycles. The summed E-state index contributed by atoms with van der Waals surface area (Å²) in [6.45, 7) is 3.89. The molecule has 1 rings (SSSR count). The van der Waals surface area contributed by atoms with Gasteiger partial charge in [0.25, 0.3) is 0 Å². The number of carbonyl (C=O) groups excluding carboxylic acids is 2. The first-order valence-electron chi connectivity index (χ1n) is 6.36. The minimum absolute atomic E-state index is 0.0621. The van der Waals surface area contributed by atoms with Gasteiger partial charge in [0.1, 0.15) is 5.75 Å². The average molecular weight is 343 g/mol. The quantitative estimate of drug-likeness (QED) is 0.822. The van der Waals surface area contributed by atoms with Crippen LogP contribution in [0.2, 0.25) is 0 Å². The fourth-order valence-electron chi connectivity index (χ4n) is 1.68. The van der Waals surface area contributed by atoms with Crippen LogP contribution in [0.5, 0.6) is 5.75 Å². The van der Waals surface area contributed by atoms with Gasteiger partial charge in [-0.05, 0) is 32.0 Å². The molecule has 1 aromatic carbocycles. The van der Waals surface area contributed by atoms with Crippen molar-refractivity contribution >= 4 is 27.7 Å². The first-order valence-corrected chi connectivity index (χ1v) is 7.15. The van der Waals surface area contributed by atoms with E-state index in [1.54, 1.807) is 0 Å². The van der Waals surface area contributed by atoms with Gasteiger partial charge in [-0.3, -0.25) is 9.59 Å². The fraction of sp³-hybridized carbons (Fsp3) is 0.429. The van der Waals surface area contributed by atoms with Crippen molar-refractivity contribution in [2.45, 2.75) is 26.3 Å². The van der Waals surface area contributed by atoms with Crippen molar-refractivity contribution in [2.24, 2.45) is 5.73 Å². The van der Waals surface area contributed by atoms with E-state index in [1.165, 1.54) is 4.90 Å². The van der Waals surface area contributed by atoms with Gasteiger partial charge in [0.05, 0.1) is 19.6 Å². The average Bonchev–Trinajstić information content (AvgIpc) is 2.35. The number of hydrogen-bond donors (Lipinski definition) is 1. The molecule has 0 radical (unpaired) electrons. The lowest BCUT2D eigenvalue weighted by molar-refractivity contribution is -0.137. The number of hydrogen-bond acceptors (Lipinski definition) is 3. The van der Waals surface area contributed by atoms with Gasteiger partial charge in [-0.25, -0.2) is 0 Å². The first kappa shape index (κ1) is 16.5. The monoisotopic (exact) mass is 342 g/mol. The molecular formula is C14H19BrN2O3. The molecule has 0 atom stereocenters. The number of ether oxygens (including phenoxy) is 1. The smallest absolute Gasteiger partial charge is 0.237 e. The van der Waals surface area contributed by atoms with Gasteiger partial charge in [-0.2, -0.15) is 0 Å². The number of amides is 2. The molecule has 2 N–H and O–H groups in total. The SMILES string of the molecule is CC(C)N(CC(N)=O)C(=O)CCOc1cccc(Br)c1. The Kier molecular flexibility index (Phi) is 6.51. The number of primary amides is 1. The van der Waals surface area contributed by atoms with Crippen LogP contribution in [0.15, 0.2) is 28.7 Å². The highest BCUT2D eigenvalue weighted by molar-refractivity contribution is 9.10. The van der Waals surface area contributed by atoms with Crippen molar-refractivity contribution in [3.8, 4) is 5.75 Å². The van der Waals surface area contributed by atoms with E-state index >= 15 is 0 Å². The summed E-state index contributed by atoms with van der Waals surface area (Å²) >= 11 is 3.35. The number of nitrogens with zero attached hydrogens (tertiary/aromatic N) is 1. The summed E-state index contributed by atoms with van der Waals surface area (Å²) in [5.41, 5.74) is 5.14. The van der Waals surface area contributed by atoms with E-state index < -0.39 is 5.91 Å². The molecular weight excluding hydrogens is 324 g/mol. The molecule has 0 heterocycles. The Balaban J connectivity index is 2.47. The van der Waals surface area contributed by atoms with Crippen molar-refractivity contribution < 1.29 is 14.3 Å². The van der Waals surface area contributed by atoms with Gasteiger partial charge in [0, 0.05) is 10.5 Å². The third-order valence-corrected chi connectivity index (χ3v) is 3.14. The highest BCUT2D eigenvalue weighted by Crippen LogP contribution is 2.17. The normalized spacial score (nSPS) is 10.4. The lowest BCUT2D eigenvalue weighted by Gasteiger charge is -2.25. The molecule has 0 unspecified atom stereocenters. The second kappa shape index (κ2) is 7.89. The van der Waals surface area contributed by atoms with Crippen LogP contribution in [-0.2, 0) is 9.59 Å². The molecule has 110 valence electrons. The fourth-order valence-corrected chi connectivity index (χ4v) is 2.06. The molecule has 0 saturated heterocycles. The Labute approximate surface area is 127 Å². The van der Waals surface area contributed by atoms with Gasteiger partial charge in [-0.15, -0.1) is 0 Å². The number of rotatable bonds is 7. The Morgan fingerprint density at radius 2 is 2.10 bits per heavy atom. The lowest BCUT2D eigenvalue weighted by atomic mass is 10.2. The Hall–Kier alpha value is -1.56. The second-order valence-electron chi connectivity index (χ2n) is 4.64. The van der Waals surface area contributed by atoms with Crippen LogP contribution in [0.25, 0.3) is 0 Å². The molecule has 2 amide bonds. The van der Waals surface area contributed by atoms with Crippen LogP contribution in [0, 0.1) is 0 Å². The predicted octanol–water partition coefficient (Wildman–Crippen LogP) is 1.94. The third-order valence-electron chi connectivity index (χ3n) is 2.65. The molecule has 6 heteroatoms. The summed E-state index contributed by atoms with van der Waals surface area (Å²) in [6, 6.07) is 7.33. The first-order chi connectivity index (χ1) is 9.40. The molecule has 0 saturated carbocycles. The Morgan fingerprint density at radius 1 is 1.40 bits per heavy atom. The minimum Gasteiger partial charge on any atom is -0.493 e. The van der Waals surface area contributed by atoms with Gasteiger partial charge in [0.2, 0.25) is 11.8 Å². The minimum atomic E-state index is -0.514. The highest BCUT2D eigenvalue weighted by atomic mass is 79.9. The van der Waals surface area contributed by atoms with E-state index in [0.717, 1.165) is 4.47 Å².